The van der Waals surface area contributed by atoms with E-state index in [0.29, 0.717) is 12.5 Å². The van der Waals surface area contributed by atoms with Gasteiger partial charge in [0.1, 0.15) is 0 Å². The number of hydrogen-bond donors (Lipinski definition) is 0. The zero-order chi connectivity index (χ0) is 7.49. The third kappa shape index (κ3) is 11.3. The SMILES string of the molecule is CC(C)C[N-]S(C)(=O)=O.[Li+]. The Morgan fingerprint density at radius 3 is 1.90 bits per heavy atom. The molecule has 0 atom stereocenters. The summed E-state index contributed by atoms with van der Waals surface area (Å²) in [5.74, 6) is 0.319. The molecule has 0 fully saturated rings. The van der Waals surface area contributed by atoms with E-state index in [4.69, 9.17) is 0 Å². The van der Waals surface area contributed by atoms with E-state index in [0.717, 1.165) is 6.26 Å². The Kier molecular flexibility index (Phi) is 6.82. The molecule has 0 N–H and O–H groups in total. The predicted octanol–water partition coefficient (Wildman–Crippen LogP) is -2.02. The van der Waals surface area contributed by atoms with Gasteiger partial charge in [0.2, 0.25) is 0 Å². The van der Waals surface area contributed by atoms with Gasteiger partial charge in [0, 0.05) is 6.26 Å². The van der Waals surface area contributed by atoms with E-state index in [1.807, 2.05) is 13.8 Å². The van der Waals surface area contributed by atoms with Crippen LogP contribution < -0.4 is 18.9 Å². The summed E-state index contributed by atoms with van der Waals surface area (Å²) >= 11 is 0. The zero-order valence-electron chi connectivity index (χ0n) is 6.96. The number of hydrogen-bond acceptors (Lipinski definition) is 2. The van der Waals surface area contributed by atoms with Gasteiger partial charge >= 0.3 is 18.9 Å². The van der Waals surface area contributed by atoms with E-state index in [2.05, 4.69) is 4.72 Å². The molecule has 0 aromatic rings. The quantitative estimate of drug-likeness (QED) is 0.444. The van der Waals surface area contributed by atoms with Crippen molar-refractivity contribution in [1.29, 1.82) is 0 Å². The molecular formula is C5H12LiNO2S. The Hall–Kier alpha value is 0.507. The molecule has 0 aromatic carbocycles. The van der Waals surface area contributed by atoms with Crippen LogP contribution in [-0.4, -0.2) is 21.2 Å². The minimum atomic E-state index is -3.09. The van der Waals surface area contributed by atoms with Gasteiger partial charge in [-0.3, -0.25) is 0 Å². The monoisotopic (exact) mass is 157 g/mol. The summed E-state index contributed by atoms with van der Waals surface area (Å²) < 4.78 is 24.2. The fraction of sp³-hybridized carbons (Fsp3) is 1.00. The first-order chi connectivity index (χ1) is 3.92. The second-order valence-electron chi connectivity index (χ2n) is 2.44. The number of rotatable bonds is 3. The van der Waals surface area contributed by atoms with Crippen molar-refractivity contribution < 1.29 is 27.3 Å². The van der Waals surface area contributed by atoms with Crippen molar-refractivity contribution in [2.45, 2.75) is 13.8 Å². The van der Waals surface area contributed by atoms with Crippen LogP contribution >= 0.6 is 0 Å². The Balaban J connectivity index is 0. The molecule has 0 aromatic heterocycles. The molecule has 0 radical (unpaired) electrons. The standard InChI is InChI=1S/C5H12NO2S.Li/c1-5(2)4-6-9(3,7)8;/h5H,4H2,1-3H3;/q-1;+1. The molecule has 0 heterocycles. The van der Waals surface area contributed by atoms with Crippen molar-refractivity contribution in [3.63, 3.8) is 0 Å². The van der Waals surface area contributed by atoms with Crippen molar-refractivity contribution in [3.8, 4) is 0 Å². The summed E-state index contributed by atoms with van der Waals surface area (Å²) in [5.41, 5.74) is 0. The molecule has 56 valence electrons. The minimum Gasteiger partial charge on any atom is -0.549 e. The average molecular weight is 157 g/mol. The van der Waals surface area contributed by atoms with Gasteiger partial charge in [-0.1, -0.05) is 19.8 Å². The second kappa shape index (κ2) is 5.20. The largest absolute Gasteiger partial charge is 1.00 e. The van der Waals surface area contributed by atoms with E-state index >= 15 is 0 Å². The molecule has 0 unspecified atom stereocenters. The molecule has 0 rings (SSSR count). The van der Waals surface area contributed by atoms with Gasteiger partial charge in [-0.15, -0.1) is 6.54 Å². The first-order valence-corrected chi connectivity index (χ1v) is 4.65. The van der Waals surface area contributed by atoms with Crippen molar-refractivity contribution in [3.05, 3.63) is 4.72 Å². The molecule has 0 spiro atoms. The fourth-order valence-corrected chi connectivity index (χ4v) is 0.853. The van der Waals surface area contributed by atoms with Crippen LogP contribution in [0.2, 0.25) is 0 Å². The molecule has 0 aliphatic heterocycles. The van der Waals surface area contributed by atoms with Gasteiger partial charge in [0.05, 0.1) is 10.0 Å². The molecule has 0 aliphatic rings. The average Bonchev–Trinajstić information content (AvgIpc) is 1.59. The van der Waals surface area contributed by atoms with Crippen molar-refractivity contribution in [2.24, 2.45) is 5.92 Å². The molecule has 0 bridgehead atoms. The third-order valence-electron chi connectivity index (χ3n) is 0.674. The molecule has 0 saturated carbocycles. The van der Waals surface area contributed by atoms with E-state index in [1.165, 1.54) is 0 Å². The topological polar surface area (TPSA) is 48.2 Å². The van der Waals surface area contributed by atoms with Gasteiger partial charge in [0.25, 0.3) is 0 Å². The first kappa shape index (κ1) is 13.1. The molecule has 0 saturated heterocycles. The molecule has 3 nitrogen and oxygen atoms in total. The van der Waals surface area contributed by atoms with Crippen LogP contribution in [0.4, 0.5) is 0 Å². The molecule has 10 heavy (non-hydrogen) atoms. The first-order valence-electron chi connectivity index (χ1n) is 2.80. The van der Waals surface area contributed by atoms with E-state index in [1.54, 1.807) is 0 Å². The molecule has 0 aliphatic carbocycles. The summed E-state index contributed by atoms with van der Waals surface area (Å²) in [6, 6.07) is 0. The summed E-state index contributed by atoms with van der Waals surface area (Å²) in [4.78, 5) is 0. The Morgan fingerprint density at radius 2 is 1.80 bits per heavy atom. The fourth-order valence-electron chi connectivity index (χ4n) is 0.284. The summed E-state index contributed by atoms with van der Waals surface area (Å²) in [6.45, 7) is 4.25. The Bertz CT molecular complexity index is 164. The van der Waals surface area contributed by atoms with E-state index < -0.39 is 10.0 Å². The van der Waals surface area contributed by atoms with Crippen LogP contribution in [0, 0.1) is 5.92 Å². The molecule has 0 amide bonds. The summed E-state index contributed by atoms with van der Waals surface area (Å²) in [7, 11) is -3.09. The van der Waals surface area contributed by atoms with Crippen molar-refractivity contribution in [1.82, 2.24) is 0 Å². The minimum absolute atomic E-state index is 0. The maximum atomic E-state index is 10.4. The Labute approximate surface area is 74.8 Å². The van der Waals surface area contributed by atoms with Gasteiger partial charge in [-0.05, 0) is 0 Å². The van der Waals surface area contributed by atoms with Crippen molar-refractivity contribution >= 4 is 10.0 Å². The summed E-state index contributed by atoms with van der Waals surface area (Å²) in [5, 5.41) is 0. The van der Waals surface area contributed by atoms with Crippen LogP contribution in [0.3, 0.4) is 0 Å². The van der Waals surface area contributed by atoms with Crippen molar-refractivity contribution in [2.75, 3.05) is 12.8 Å². The maximum Gasteiger partial charge on any atom is 1.00 e. The van der Waals surface area contributed by atoms with Crippen LogP contribution in [-0.2, 0) is 10.0 Å². The smallest absolute Gasteiger partial charge is 0.549 e. The Morgan fingerprint density at radius 1 is 1.40 bits per heavy atom. The number of nitrogens with zero attached hydrogens (tertiary/aromatic N) is 1. The van der Waals surface area contributed by atoms with Gasteiger partial charge < -0.3 is 4.72 Å². The van der Waals surface area contributed by atoms with Crippen LogP contribution in [0.1, 0.15) is 13.8 Å². The maximum absolute atomic E-state index is 10.4. The van der Waals surface area contributed by atoms with Gasteiger partial charge in [-0.25, -0.2) is 8.42 Å². The van der Waals surface area contributed by atoms with Crippen LogP contribution in [0.25, 0.3) is 4.72 Å². The molecule has 5 heteroatoms. The van der Waals surface area contributed by atoms with Gasteiger partial charge in [-0.2, -0.15) is 0 Å². The van der Waals surface area contributed by atoms with Gasteiger partial charge in [0.15, 0.2) is 0 Å². The van der Waals surface area contributed by atoms with E-state index in [-0.39, 0.29) is 18.9 Å². The molecular weight excluding hydrogens is 145 g/mol. The van der Waals surface area contributed by atoms with E-state index in [9.17, 15) is 8.42 Å². The second-order valence-corrected chi connectivity index (χ2v) is 4.16. The normalized spacial score (nSPS) is 11.2. The number of sulfonamides is 1. The third-order valence-corrected chi connectivity index (χ3v) is 1.29. The predicted molar refractivity (Wildman–Crippen MR) is 37.9 cm³/mol. The van der Waals surface area contributed by atoms with Crippen LogP contribution in [0.5, 0.6) is 0 Å². The van der Waals surface area contributed by atoms with Crippen LogP contribution in [0.15, 0.2) is 0 Å². The summed E-state index contributed by atoms with van der Waals surface area (Å²) in [6.07, 6.45) is 1.11. The zero-order valence-corrected chi connectivity index (χ0v) is 7.77.